The van der Waals surface area contributed by atoms with Gasteiger partial charge in [0.1, 0.15) is 0 Å². The van der Waals surface area contributed by atoms with Crippen LogP contribution in [-0.4, -0.2) is 47.0 Å². The minimum atomic E-state index is -0.340. The van der Waals surface area contributed by atoms with Crippen molar-refractivity contribution in [3.63, 3.8) is 0 Å². The largest absolute Gasteiger partial charge is 0.462 e. The van der Waals surface area contributed by atoms with Gasteiger partial charge in [-0.2, -0.15) is 10.1 Å². The molecule has 1 unspecified atom stereocenters. The van der Waals surface area contributed by atoms with Gasteiger partial charge in [0, 0.05) is 18.8 Å². The van der Waals surface area contributed by atoms with E-state index in [-0.39, 0.29) is 12.1 Å². The Hall–Kier alpha value is -2.74. The average Bonchev–Trinajstić information content (AvgIpc) is 3.15. The number of carbonyl (C=O) groups excluding carboxylic acids is 1. The third-order valence-corrected chi connectivity index (χ3v) is 3.75. The van der Waals surface area contributed by atoms with E-state index in [1.165, 1.54) is 0 Å². The molecule has 0 aliphatic carbocycles. The monoisotopic (exact) mass is 343 g/mol. The smallest absolute Gasteiger partial charge is 0.338 e. The normalized spacial score (nSPS) is 16.4. The molecule has 1 atom stereocenters. The summed E-state index contributed by atoms with van der Waals surface area (Å²) in [4.78, 5) is 16.0. The van der Waals surface area contributed by atoms with Gasteiger partial charge in [-0.25, -0.2) is 4.79 Å². The van der Waals surface area contributed by atoms with Gasteiger partial charge < -0.3 is 20.1 Å². The zero-order valence-corrected chi connectivity index (χ0v) is 14.1. The number of hydrogen-bond acceptors (Lipinski definition) is 8. The lowest BCUT2D eigenvalue weighted by molar-refractivity contribution is 0.0526. The van der Waals surface area contributed by atoms with Crippen molar-refractivity contribution in [2.45, 2.75) is 25.9 Å². The number of esters is 1. The zero-order valence-electron chi connectivity index (χ0n) is 14.1. The average molecular weight is 343 g/mol. The number of nitrogens with zero attached hydrogens (tertiary/aromatic N) is 3. The molecular weight excluding hydrogens is 322 g/mol. The number of aromatic nitrogens is 3. The van der Waals surface area contributed by atoms with Crippen LogP contribution in [0.4, 0.5) is 17.5 Å². The number of ether oxygens (including phenoxy) is 2. The fourth-order valence-electron chi connectivity index (χ4n) is 2.50. The van der Waals surface area contributed by atoms with Crippen LogP contribution >= 0.6 is 0 Å². The Labute approximate surface area is 146 Å². The first kappa shape index (κ1) is 17.1. The van der Waals surface area contributed by atoms with Crippen molar-refractivity contribution in [1.82, 2.24) is 15.2 Å². The van der Waals surface area contributed by atoms with Crippen molar-refractivity contribution in [3.05, 3.63) is 36.0 Å². The summed E-state index contributed by atoms with van der Waals surface area (Å²) in [5.74, 6) is 0.671. The Morgan fingerprint density at radius 3 is 2.92 bits per heavy atom. The Kier molecular flexibility index (Phi) is 5.73. The Bertz CT molecular complexity index is 702. The predicted octanol–water partition coefficient (Wildman–Crippen LogP) is 2.38. The third kappa shape index (κ3) is 4.87. The Morgan fingerprint density at radius 2 is 2.20 bits per heavy atom. The van der Waals surface area contributed by atoms with Crippen LogP contribution in [0, 0.1) is 0 Å². The molecule has 1 aromatic carbocycles. The molecule has 25 heavy (non-hydrogen) atoms. The van der Waals surface area contributed by atoms with Gasteiger partial charge in [-0.3, -0.25) is 0 Å². The second-order valence-electron chi connectivity index (χ2n) is 5.60. The quantitative estimate of drug-likeness (QED) is 0.740. The van der Waals surface area contributed by atoms with E-state index in [0.29, 0.717) is 30.5 Å². The van der Waals surface area contributed by atoms with Crippen LogP contribution in [0.2, 0.25) is 0 Å². The second kappa shape index (κ2) is 8.39. The SMILES string of the molecule is CCOC(=O)c1ccc(Nc2nncc(NCC3CCCO3)n2)cc1. The second-order valence-corrected chi connectivity index (χ2v) is 5.60. The zero-order chi connectivity index (χ0) is 17.5. The van der Waals surface area contributed by atoms with Crippen LogP contribution in [-0.2, 0) is 9.47 Å². The lowest BCUT2D eigenvalue weighted by atomic mass is 10.2. The maximum atomic E-state index is 11.6. The number of benzene rings is 1. The van der Waals surface area contributed by atoms with Crippen molar-refractivity contribution < 1.29 is 14.3 Å². The number of rotatable bonds is 7. The number of hydrogen-bond donors (Lipinski definition) is 2. The highest BCUT2D eigenvalue weighted by Gasteiger charge is 2.15. The fraction of sp³-hybridized carbons (Fsp3) is 0.412. The molecule has 8 nitrogen and oxygen atoms in total. The molecule has 132 valence electrons. The predicted molar refractivity (Wildman–Crippen MR) is 93.0 cm³/mol. The first-order valence-electron chi connectivity index (χ1n) is 8.34. The Morgan fingerprint density at radius 1 is 1.36 bits per heavy atom. The molecular formula is C17H21N5O3. The molecule has 3 rings (SSSR count). The van der Waals surface area contributed by atoms with Crippen molar-refractivity contribution in [2.24, 2.45) is 0 Å². The number of carbonyl (C=O) groups is 1. The van der Waals surface area contributed by atoms with Crippen molar-refractivity contribution in [1.29, 1.82) is 0 Å². The van der Waals surface area contributed by atoms with E-state index >= 15 is 0 Å². The third-order valence-electron chi connectivity index (χ3n) is 3.75. The summed E-state index contributed by atoms with van der Waals surface area (Å²) in [5.41, 5.74) is 1.25. The van der Waals surface area contributed by atoms with Crippen LogP contribution in [0.25, 0.3) is 0 Å². The van der Waals surface area contributed by atoms with Crippen molar-refractivity contribution >= 4 is 23.4 Å². The van der Waals surface area contributed by atoms with Gasteiger partial charge >= 0.3 is 5.97 Å². The lowest BCUT2D eigenvalue weighted by Crippen LogP contribution is -2.19. The molecule has 0 amide bonds. The molecule has 0 radical (unpaired) electrons. The molecule has 8 heteroatoms. The molecule has 0 saturated carbocycles. The minimum absolute atomic E-state index is 0.224. The van der Waals surface area contributed by atoms with E-state index in [2.05, 4.69) is 25.8 Å². The number of anilines is 3. The first-order valence-corrected chi connectivity index (χ1v) is 8.34. The van der Waals surface area contributed by atoms with Crippen LogP contribution < -0.4 is 10.6 Å². The summed E-state index contributed by atoms with van der Waals surface area (Å²) in [7, 11) is 0. The molecule has 2 aromatic rings. The van der Waals surface area contributed by atoms with Gasteiger partial charge in [-0.1, -0.05) is 0 Å². The highest BCUT2D eigenvalue weighted by Crippen LogP contribution is 2.16. The van der Waals surface area contributed by atoms with Crippen molar-refractivity contribution in [2.75, 3.05) is 30.4 Å². The summed E-state index contributed by atoms with van der Waals surface area (Å²) in [6, 6.07) is 6.91. The lowest BCUT2D eigenvalue weighted by Gasteiger charge is -2.11. The highest BCUT2D eigenvalue weighted by atomic mass is 16.5. The van der Waals surface area contributed by atoms with Gasteiger partial charge in [-0.05, 0) is 44.0 Å². The van der Waals surface area contributed by atoms with E-state index in [4.69, 9.17) is 9.47 Å². The molecule has 2 N–H and O–H groups in total. The molecule has 1 aromatic heterocycles. The van der Waals surface area contributed by atoms with E-state index < -0.39 is 0 Å². The fourth-order valence-corrected chi connectivity index (χ4v) is 2.50. The number of nitrogens with one attached hydrogen (secondary N) is 2. The molecule has 0 spiro atoms. The summed E-state index contributed by atoms with van der Waals surface area (Å²) in [5, 5.41) is 14.2. The Balaban J connectivity index is 1.58. The molecule has 1 aliphatic rings. The maximum Gasteiger partial charge on any atom is 0.338 e. The van der Waals surface area contributed by atoms with Crippen LogP contribution in [0.15, 0.2) is 30.5 Å². The van der Waals surface area contributed by atoms with Gasteiger partial charge in [0.2, 0.25) is 5.95 Å². The first-order chi connectivity index (χ1) is 12.2. The van der Waals surface area contributed by atoms with E-state index in [9.17, 15) is 4.79 Å². The molecule has 2 heterocycles. The topological polar surface area (TPSA) is 98.3 Å². The van der Waals surface area contributed by atoms with Crippen LogP contribution in [0.5, 0.6) is 0 Å². The minimum Gasteiger partial charge on any atom is -0.462 e. The van der Waals surface area contributed by atoms with Gasteiger partial charge in [0.15, 0.2) is 5.82 Å². The van der Waals surface area contributed by atoms with Crippen LogP contribution in [0.3, 0.4) is 0 Å². The molecule has 1 fully saturated rings. The highest BCUT2D eigenvalue weighted by molar-refractivity contribution is 5.89. The van der Waals surface area contributed by atoms with Gasteiger partial charge in [0.05, 0.1) is 24.5 Å². The van der Waals surface area contributed by atoms with E-state index in [1.54, 1.807) is 37.4 Å². The summed E-state index contributed by atoms with van der Waals surface area (Å²) >= 11 is 0. The van der Waals surface area contributed by atoms with Gasteiger partial charge in [-0.15, -0.1) is 5.10 Å². The van der Waals surface area contributed by atoms with Crippen molar-refractivity contribution in [3.8, 4) is 0 Å². The molecule has 0 bridgehead atoms. The van der Waals surface area contributed by atoms with Crippen LogP contribution in [0.1, 0.15) is 30.1 Å². The molecule has 1 saturated heterocycles. The molecule has 1 aliphatic heterocycles. The summed E-state index contributed by atoms with van der Waals surface area (Å²) in [6.45, 7) is 3.65. The maximum absolute atomic E-state index is 11.6. The van der Waals surface area contributed by atoms with E-state index in [0.717, 1.165) is 25.1 Å². The van der Waals surface area contributed by atoms with Gasteiger partial charge in [0.25, 0.3) is 0 Å². The van der Waals surface area contributed by atoms with E-state index in [1.807, 2.05) is 0 Å². The standard InChI is InChI=1S/C17H21N5O3/c1-2-24-16(23)12-5-7-13(8-6-12)20-17-21-15(11-19-22-17)18-10-14-4-3-9-25-14/h5-8,11,14H,2-4,9-10H2,1H3,(H2,18,20,21,22). The summed E-state index contributed by atoms with van der Waals surface area (Å²) < 4.78 is 10.5. The summed E-state index contributed by atoms with van der Waals surface area (Å²) in [6.07, 6.45) is 3.96.